The third-order valence-corrected chi connectivity index (χ3v) is 2.83. The number of para-hydroxylation sites is 2. The number of nitrogens with zero attached hydrogens (tertiary/aromatic N) is 3. The molecule has 0 radical (unpaired) electrons. The Morgan fingerprint density at radius 2 is 2.00 bits per heavy atom. The maximum absolute atomic E-state index is 5.90. The lowest BCUT2D eigenvalue weighted by Crippen LogP contribution is -1.99. The van der Waals surface area contributed by atoms with Crippen LogP contribution < -0.4 is 5.73 Å². The van der Waals surface area contributed by atoms with Crippen molar-refractivity contribution in [2.45, 2.75) is 6.92 Å². The van der Waals surface area contributed by atoms with Crippen molar-refractivity contribution in [1.29, 1.82) is 0 Å². The van der Waals surface area contributed by atoms with E-state index in [1.54, 1.807) is 12.5 Å². The lowest BCUT2D eigenvalue weighted by Gasteiger charge is -2.05. The van der Waals surface area contributed by atoms with Crippen molar-refractivity contribution in [3.63, 3.8) is 0 Å². The molecule has 0 atom stereocenters. The first-order valence-corrected chi connectivity index (χ1v) is 5.40. The van der Waals surface area contributed by atoms with Gasteiger partial charge in [0.1, 0.15) is 12.1 Å². The molecule has 17 heavy (non-hydrogen) atoms. The Hall–Kier alpha value is -2.36. The highest BCUT2D eigenvalue weighted by molar-refractivity contribution is 5.77. The summed E-state index contributed by atoms with van der Waals surface area (Å²) in [7, 11) is 0. The third kappa shape index (κ3) is 1.54. The molecule has 0 unspecified atom stereocenters. The largest absolute Gasteiger partial charge is 0.398 e. The lowest BCUT2D eigenvalue weighted by atomic mass is 10.2. The van der Waals surface area contributed by atoms with Crippen LogP contribution >= 0.6 is 0 Å². The Balaban J connectivity index is 2.24. The van der Waals surface area contributed by atoms with Crippen molar-refractivity contribution in [2.24, 2.45) is 0 Å². The second-order valence-electron chi connectivity index (χ2n) is 4.00. The van der Waals surface area contributed by atoms with Crippen LogP contribution in [-0.4, -0.2) is 14.5 Å². The van der Waals surface area contributed by atoms with Crippen molar-refractivity contribution < 1.29 is 0 Å². The molecule has 1 aromatic carbocycles. The maximum Gasteiger partial charge on any atom is 0.140 e. The van der Waals surface area contributed by atoms with E-state index in [0.717, 1.165) is 28.1 Å². The molecule has 0 saturated heterocycles. The van der Waals surface area contributed by atoms with E-state index in [4.69, 9.17) is 5.73 Å². The van der Waals surface area contributed by atoms with Gasteiger partial charge >= 0.3 is 0 Å². The Bertz CT molecular complexity index is 685. The molecule has 2 heterocycles. The van der Waals surface area contributed by atoms with Gasteiger partial charge in [-0.3, -0.25) is 4.57 Å². The summed E-state index contributed by atoms with van der Waals surface area (Å²) in [6, 6.07) is 9.81. The molecule has 0 amide bonds. The van der Waals surface area contributed by atoms with Gasteiger partial charge in [-0.1, -0.05) is 12.1 Å². The van der Waals surface area contributed by atoms with Gasteiger partial charge in [0, 0.05) is 18.0 Å². The monoisotopic (exact) mass is 224 g/mol. The summed E-state index contributed by atoms with van der Waals surface area (Å²) in [6.07, 6.45) is 3.54. The molecule has 2 N–H and O–H groups in total. The molecule has 0 spiro atoms. The first-order valence-electron chi connectivity index (χ1n) is 5.40. The van der Waals surface area contributed by atoms with Gasteiger partial charge in [0.25, 0.3) is 0 Å². The number of imidazole rings is 1. The number of fused-ring (bicyclic) bond motifs is 1. The SMILES string of the molecule is Cc1cnc(-n2cnc3ccccc32)cc1N. The highest BCUT2D eigenvalue weighted by atomic mass is 15.1. The Morgan fingerprint density at radius 3 is 2.82 bits per heavy atom. The van der Waals surface area contributed by atoms with Crippen LogP contribution in [0.25, 0.3) is 16.9 Å². The smallest absolute Gasteiger partial charge is 0.140 e. The van der Waals surface area contributed by atoms with Gasteiger partial charge in [0.15, 0.2) is 0 Å². The predicted molar refractivity (Wildman–Crippen MR) is 68.0 cm³/mol. The molecule has 4 heteroatoms. The van der Waals surface area contributed by atoms with Crippen LogP contribution in [-0.2, 0) is 0 Å². The van der Waals surface area contributed by atoms with Crippen molar-refractivity contribution in [3.8, 4) is 5.82 Å². The highest BCUT2D eigenvalue weighted by Gasteiger charge is 2.05. The maximum atomic E-state index is 5.90. The van der Waals surface area contributed by atoms with E-state index >= 15 is 0 Å². The number of hydrogen-bond donors (Lipinski definition) is 1. The van der Waals surface area contributed by atoms with Gasteiger partial charge in [-0.25, -0.2) is 9.97 Å². The number of rotatable bonds is 1. The van der Waals surface area contributed by atoms with Gasteiger partial charge in [-0.2, -0.15) is 0 Å². The van der Waals surface area contributed by atoms with Gasteiger partial charge in [-0.15, -0.1) is 0 Å². The molecule has 0 bridgehead atoms. The van der Waals surface area contributed by atoms with Gasteiger partial charge < -0.3 is 5.73 Å². The van der Waals surface area contributed by atoms with Crippen LogP contribution in [0.4, 0.5) is 5.69 Å². The van der Waals surface area contributed by atoms with Crippen LogP contribution in [0.15, 0.2) is 42.9 Å². The molecule has 84 valence electrons. The van der Waals surface area contributed by atoms with Gasteiger partial charge in [0.2, 0.25) is 0 Å². The Morgan fingerprint density at radius 1 is 1.18 bits per heavy atom. The molecular formula is C13H12N4. The summed E-state index contributed by atoms with van der Waals surface area (Å²) in [6.45, 7) is 1.94. The van der Waals surface area contributed by atoms with E-state index in [2.05, 4.69) is 9.97 Å². The van der Waals surface area contributed by atoms with E-state index in [1.807, 2.05) is 41.8 Å². The van der Waals surface area contributed by atoms with E-state index in [1.165, 1.54) is 0 Å². The second kappa shape index (κ2) is 3.59. The predicted octanol–water partition coefficient (Wildman–Crippen LogP) is 2.31. The zero-order valence-corrected chi connectivity index (χ0v) is 9.46. The standard InChI is InChI=1S/C13H12N4/c1-9-7-15-13(6-10(9)14)17-8-16-11-4-2-3-5-12(11)17/h2-8H,1H3,(H2,14,15). The van der Waals surface area contributed by atoms with Crippen molar-refractivity contribution in [1.82, 2.24) is 14.5 Å². The number of nitrogens with two attached hydrogens (primary N) is 1. The molecule has 0 aliphatic rings. The van der Waals surface area contributed by atoms with Gasteiger partial charge in [0.05, 0.1) is 11.0 Å². The molecule has 3 aromatic rings. The number of aryl methyl sites for hydroxylation is 1. The highest BCUT2D eigenvalue weighted by Crippen LogP contribution is 2.19. The molecule has 0 aliphatic carbocycles. The lowest BCUT2D eigenvalue weighted by molar-refractivity contribution is 1.02. The fourth-order valence-corrected chi connectivity index (χ4v) is 1.80. The summed E-state index contributed by atoms with van der Waals surface area (Å²) >= 11 is 0. The quantitative estimate of drug-likeness (QED) is 0.690. The normalized spacial score (nSPS) is 10.9. The van der Waals surface area contributed by atoms with E-state index in [-0.39, 0.29) is 0 Å². The molecule has 0 aliphatic heterocycles. The molecule has 0 saturated carbocycles. The van der Waals surface area contributed by atoms with Crippen LogP contribution in [0.5, 0.6) is 0 Å². The Labute approximate surface area is 98.7 Å². The summed E-state index contributed by atoms with van der Waals surface area (Å²) in [5.74, 6) is 0.793. The Kier molecular flexibility index (Phi) is 2.08. The van der Waals surface area contributed by atoms with Crippen LogP contribution in [0.2, 0.25) is 0 Å². The number of hydrogen-bond acceptors (Lipinski definition) is 3. The minimum Gasteiger partial charge on any atom is -0.398 e. The summed E-state index contributed by atoms with van der Waals surface area (Å²) in [5.41, 5.74) is 9.61. The first-order chi connectivity index (χ1) is 8.25. The van der Waals surface area contributed by atoms with Crippen LogP contribution in [0.3, 0.4) is 0 Å². The molecule has 3 rings (SSSR count). The van der Waals surface area contributed by atoms with E-state index in [9.17, 15) is 0 Å². The fourth-order valence-electron chi connectivity index (χ4n) is 1.80. The molecular weight excluding hydrogens is 212 g/mol. The molecule has 2 aromatic heterocycles. The molecule has 0 fully saturated rings. The minimum absolute atomic E-state index is 0.743. The summed E-state index contributed by atoms with van der Waals surface area (Å²) in [5, 5.41) is 0. The first kappa shape index (κ1) is 9.84. The van der Waals surface area contributed by atoms with Crippen LogP contribution in [0, 0.1) is 6.92 Å². The van der Waals surface area contributed by atoms with Crippen molar-refractivity contribution in [2.75, 3.05) is 5.73 Å². The average Bonchev–Trinajstić information content (AvgIpc) is 2.76. The second-order valence-corrected chi connectivity index (χ2v) is 4.00. The van der Waals surface area contributed by atoms with Crippen molar-refractivity contribution >= 4 is 16.7 Å². The van der Waals surface area contributed by atoms with Crippen LogP contribution in [0.1, 0.15) is 5.56 Å². The summed E-state index contributed by atoms with van der Waals surface area (Å²) < 4.78 is 1.94. The zero-order chi connectivity index (χ0) is 11.8. The average molecular weight is 224 g/mol. The van der Waals surface area contributed by atoms with E-state index in [0.29, 0.717) is 0 Å². The third-order valence-electron chi connectivity index (χ3n) is 2.83. The molecule has 4 nitrogen and oxygen atoms in total. The van der Waals surface area contributed by atoms with Crippen molar-refractivity contribution in [3.05, 3.63) is 48.4 Å². The number of aromatic nitrogens is 3. The van der Waals surface area contributed by atoms with Gasteiger partial charge in [-0.05, 0) is 24.6 Å². The number of benzene rings is 1. The summed E-state index contributed by atoms with van der Waals surface area (Å²) in [4.78, 5) is 8.70. The topological polar surface area (TPSA) is 56.7 Å². The van der Waals surface area contributed by atoms with E-state index < -0.39 is 0 Å². The zero-order valence-electron chi connectivity index (χ0n) is 9.46. The number of nitrogen functional groups attached to an aromatic ring is 1. The number of anilines is 1. The number of pyridine rings is 1. The fraction of sp³-hybridized carbons (Fsp3) is 0.0769. The minimum atomic E-state index is 0.743.